The van der Waals surface area contributed by atoms with Gasteiger partial charge in [0.15, 0.2) is 0 Å². The fraction of sp³-hybridized carbons (Fsp3) is 0.200. The van der Waals surface area contributed by atoms with Crippen LogP contribution in [0.5, 0.6) is 5.75 Å². The third-order valence-electron chi connectivity index (χ3n) is 1.94. The second-order valence-electron chi connectivity index (χ2n) is 3.02. The van der Waals surface area contributed by atoms with Gasteiger partial charge >= 0.3 is 11.9 Å². The maximum absolute atomic E-state index is 10.8. The highest BCUT2D eigenvalue weighted by molar-refractivity contribution is 6.32. The van der Waals surface area contributed by atoms with Crippen LogP contribution in [0.4, 0.5) is 0 Å². The first-order valence-electron chi connectivity index (χ1n) is 4.27. The summed E-state index contributed by atoms with van der Waals surface area (Å²) in [6.07, 6.45) is -0.283. The first-order valence-corrected chi connectivity index (χ1v) is 4.65. The molecule has 1 aromatic rings. The Balaban J connectivity index is 3.25. The SMILES string of the molecule is COc1cc(CC(=O)O)c(Cl)cc1C(=O)O. The van der Waals surface area contributed by atoms with Crippen molar-refractivity contribution in [3.8, 4) is 5.75 Å². The highest BCUT2D eigenvalue weighted by Gasteiger charge is 2.16. The number of carboxylic acids is 2. The maximum atomic E-state index is 10.8. The highest BCUT2D eigenvalue weighted by Crippen LogP contribution is 2.27. The number of carbonyl (C=O) groups is 2. The van der Waals surface area contributed by atoms with E-state index in [2.05, 4.69) is 0 Å². The minimum absolute atomic E-state index is 0.0909. The zero-order valence-electron chi connectivity index (χ0n) is 8.36. The molecule has 0 saturated heterocycles. The summed E-state index contributed by atoms with van der Waals surface area (Å²) in [6, 6.07) is 2.50. The van der Waals surface area contributed by atoms with Gasteiger partial charge < -0.3 is 14.9 Å². The van der Waals surface area contributed by atoms with Crippen LogP contribution in [0.3, 0.4) is 0 Å². The summed E-state index contributed by atoms with van der Waals surface area (Å²) in [5, 5.41) is 17.6. The van der Waals surface area contributed by atoms with Crippen LogP contribution in [0.2, 0.25) is 5.02 Å². The van der Waals surface area contributed by atoms with E-state index in [1.807, 2.05) is 0 Å². The van der Waals surface area contributed by atoms with E-state index in [0.29, 0.717) is 5.56 Å². The fourth-order valence-corrected chi connectivity index (χ4v) is 1.46. The Hall–Kier alpha value is -1.75. The van der Waals surface area contributed by atoms with E-state index in [4.69, 9.17) is 26.6 Å². The molecule has 0 aliphatic heterocycles. The van der Waals surface area contributed by atoms with Crippen LogP contribution in [0, 0.1) is 0 Å². The van der Waals surface area contributed by atoms with Crippen molar-refractivity contribution in [2.45, 2.75) is 6.42 Å². The predicted molar refractivity (Wildman–Crippen MR) is 56.3 cm³/mol. The van der Waals surface area contributed by atoms with E-state index in [0.717, 1.165) is 0 Å². The van der Waals surface area contributed by atoms with Gasteiger partial charge in [-0.2, -0.15) is 0 Å². The molecule has 0 atom stereocenters. The Morgan fingerprint density at radius 1 is 1.38 bits per heavy atom. The summed E-state index contributed by atoms with van der Waals surface area (Å²) < 4.78 is 4.85. The Morgan fingerprint density at radius 3 is 2.44 bits per heavy atom. The molecular formula is C10H9ClO5. The van der Waals surface area contributed by atoms with Gasteiger partial charge in [0.05, 0.1) is 13.5 Å². The van der Waals surface area contributed by atoms with Crippen molar-refractivity contribution in [3.63, 3.8) is 0 Å². The van der Waals surface area contributed by atoms with E-state index in [1.165, 1.54) is 19.2 Å². The van der Waals surface area contributed by atoms with Gasteiger partial charge in [0.2, 0.25) is 0 Å². The topological polar surface area (TPSA) is 83.8 Å². The van der Waals surface area contributed by atoms with Crippen LogP contribution < -0.4 is 4.74 Å². The van der Waals surface area contributed by atoms with E-state index >= 15 is 0 Å². The average Bonchev–Trinajstić information content (AvgIpc) is 2.19. The lowest BCUT2D eigenvalue weighted by atomic mass is 10.1. The molecule has 0 aliphatic rings. The maximum Gasteiger partial charge on any atom is 0.339 e. The third-order valence-corrected chi connectivity index (χ3v) is 2.29. The first kappa shape index (κ1) is 12.3. The number of hydrogen-bond acceptors (Lipinski definition) is 3. The van der Waals surface area contributed by atoms with Crippen LogP contribution in [-0.4, -0.2) is 29.3 Å². The molecule has 0 unspecified atom stereocenters. The zero-order chi connectivity index (χ0) is 12.3. The number of aliphatic carboxylic acids is 1. The average molecular weight is 245 g/mol. The standard InChI is InChI=1S/C10H9ClO5/c1-16-8-2-5(3-9(12)13)7(11)4-6(8)10(14)15/h2,4H,3H2,1H3,(H,12,13)(H,14,15). The summed E-state index contributed by atoms with van der Waals surface area (Å²) in [5.41, 5.74) is 0.220. The number of ether oxygens (including phenoxy) is 1. The van der Waals surface area contributed by atoms with Crippen molar-refractivity contribution in [2.24, 2.45) is 0 Å². The molecule has 0 aliphatic carbocycles. The van der Waals surface area contributed by atoms with Gasteiger partial charge in [-0.15, -0.1) is 0 Å². The number of methoxy groups -OCH3 is 1. The molecule has 0 amide bonds. The molecule has 6 heteroatoms. The van der Waals surface area contributed by atoms with Crippen molar-refractivity contribution in [1.82, 2.24) is 0 Å². The van der Waals surface area contributed by atoms with Crippen molar-refractivity contribution in [3.05, 3.63) is 28.3 Å². The van der Waals surface area contributed by atoms with Crippen LogP contribution in [-0.2, 0) is 11.2 Å². The van der Waals surface area contributed by atoms with Gasteiger partial charge in [0.25, 0.3) is 0 Å². The first-order chi connectivity index (χ1) is 7.45. The summed E-state index contributed by atoms with van der Waals surface area (Å²) in [6.45, 7) is 0. The molecule has 0 radical (unpaired) electrons. The van der Waals surface area contributed by atoms with Crippen molar-refractivity contribution >= 4 is 23.5 Å². The van der Waals surface area contributed by atoms with E-state index in [9.17, 15) is 9.59 Å². The molecule has 0 aromatic heterocycles. The molecule has 0 spiro atoms. The summed E-state index contributed by atoms with van der Waals surface area (Å²) >= 11 is 5.76. The number of rotatable bonds is 4. The Labute approximate surface area is 96.2 Å². The molecule has 1 aromatic carbocycles. The van der Waals surface area contributed by atoms with Gasteiger partial charge in [-0.25, -0.2) is 4.79 Å². The zero-order valence-corrected chi connectivity index (χ0v) is 9.11. The fourth-order valence-electron chi connectivity index (χ4n) is 1.23. The number of hydrogen-bond donors (Lipinski definition) is 2. The van der Waals surface area contributed by atoms with Crippen LogP contribution in [0.25, 0.3) is 0 Å². The van der Waals surface area contributed by atoms with Crippen molar-refractivity contribution in [2.75, 3.05) is 7.11 Å². The molecule has 0 heterocycles. The molecule has 2 N–H and O–H groups in total. The molecule has 16 heavy (non-hydrogen) atoms. The number of halogens is 1. The number of benzene rings is 1. The number of aromatic carboxylic acids is 1. The largest absolute Gasteiger partial charge is 0.496 e. The number of carboxylic acid groups (broad SMARTS) is 2. The Kier molecular flexibility index (Phi) is 3.73. The van der Waals surface area contributed by atoms with Crippen LogP contribution in [0.15, 0.2) is 12.1 Å². The lowest BCUT2D eigenvalue weighted by Crippen LogP contribution is -2.05. The molecular weight excluding hydrogens is 236 g/mol. The van der Waals surface area contributed by atoms with E-state index < -0.39 is 11.9 Å². The monoisotopic (exact) mass is 244 g/mol. The predicted octanol–water partition coefficient (Wildman–Crippen LogP) is 1.67. The molecule has 0 bridgehead atoms. The molecule has 86 valence electrons. The van der Waals surface area contributed by atoms with Gasteiger partial charge in [-0.05, 0) is 17.7 Å². The van der Waals surface area contributed by atoms with Gasteiger partial charge in [-0.3, -0.25) is 4.79 Å². The van der Waals surface area contributed by atoms with Crippen LogP contribution >= 0.6 is 11.6 Å². The summed E-state index contributed by atoms with van der Waals surface area (Å²) in [5.74, 6) is -2.14. The van der Waals surface area contributed by atoms with Gasteiger partial charge in [0, 0.05) is 5.02 Å². The summed E-state index contributed by atoms with van der Waals surface area (Å²) in [4.78, 5) is 21.3. The van der Waals surface area contributed by atoms with Gasteiger partial charge in [-0.1, -0.05) is 11.6 Å². The van der Waals surface area contributed by atoms with E-state index in [1.54, 1.807) is 0 Å². The lowest BCUT2D eigenvalue weighted by molar-refractivity contribution is -0.136. The van der Waals surface area contributed by atoms with Gasteiger partial charge in [0.1, 0.15) is 11.3 Å². The molecule has 0 saturated carbocycles. The second kappa shape index (κ2) is 4.85. The third kappa shape index (κ3) is 2.64. The lowest BCUT2D eigenvalue weighted by Gasteiger charge is -2.08. The van der Waals surface area contributed by atoms with Crippen LogP contribution in [0.1, 0.15) is 15.9 Å². The molecule has 1 rings (SSSR count). The molecule has 5 nitrogen and oxygen atoms in total. The van der Waals surface area contributed by atoms with Crippen molar-refractivity contribution in [1.29, 1.82) is 0 Å². The normalized spacial score (nSPS) is 9.88. The smallest absolute Gasteiger partial charge is 0.339 e. The highest BCUT2D eigenvalue weighted by atomic mass is 35.5. The van der Waals surface area contributed by atoms with E-state index in [-0.39, 0.29) is 22.8 Å². The minimum atomic E-state index is -1.18. The van der Waals surface area contributed by atoms with Crippen molar-refractivity contribution < 1.29 is 24.5 Å². The quantitative estimate of drug-likeness (QED) is 0.842. The second-order valence-corrected chi connectivity index (χ2v) is 3.43. The minimum Gasteiger partial charge on any atom is -0.496 e. The molecule has 0 fully saturated rings. The summed E-state index contributed by atoms with van der Waals surface area (Å²) in [7, 11) is 1.31. The Morgan fingerprint density at radius 2 is 2.00 bits per heavy atom. The Bertz CT molecular complexity index is 441.